The number of fused-ring (bicyclic) bond motifs is 1. The molecule has 188 valence electrons. The third-order valence-corrected chi connectivity index (χ3v) is 6.17. The van der Waals surface area contributed by atoms with Crippen LogP contribution in [0.3, 0.4) is 0 Å². The molecule has 0 aliphatic rings. The number of nitrogens with zero attached hydrogens (tertiary/aromatic N) is 2. The zero-order valence-corrected chi connectivity index (χ0v) is 21.4. The van der Waals surface area contributed by atoms with Gasteiger partial charge in [0.2, 0.25) is 11.8 Å². The van der Waals surface area contributed by atoms with Gasteiger partial charge in [-0.25, -0.2) is 0 Å². The Balaban J connectivity index is 1.81. The highest BCUT2D eigenvalue weighted by molar-refractivity contribution is 6.30. The van der Waals surface area contributed by atoms with Crippen LogP contribution in [0.2, 0.25) is 0 Å². The number of methoxy groups -OCH3 is 2. The van der Waals surface area contributed by atoms with Crippen LogP contribution in [0, 0.1) is 0 Å². The molecule has 0 fully saturated rings. The predicted molar refractivity (Wildman–Crippen MR) is 139 cm³/mol. The maximum atomic E-state index is 13.5. The number of carbonyl (C=O) groups is 2. The first-order valence-corrected chi connectivity index (χ1v) is 12.2. The van der Waals surface area contributed by atoms with Gasteiger partial charge in [-0.2, -0.15) is 0 Å². The zero-order valence-electron chi connectivity index (χ0n) is 20.6. The van der Waals surface area contributed by atoms with Gasteiger partial charge in [-0.15, -0.1) is 11.6 Å². The van der Waals surface area contributed by atoms with E-state index in [1.807, 2.05) is 48.7 Å². The molecule has 8 heteroatoms. The van der Waals surface area contributed by atoms with Crippen molar-refractivity contribution in [1.29, 1.82) is 0 Å². The van der Waals surface area contributed by atoms with Crippen LogP contribution < -0.4 is 4.74 Å². The lowest BCUT2D eigenvalue weighted by atomic mass is 10.1. The number of para-hydroxylation sites is 2. The van der Waals surface area contributed by atoms with Crippen molar-refractivity contribution >= 4 is 34.3 Å². The van der Waals surface area contributed by atoms with Gasteiger partial charge in [-0.3, -0.25) is 9.59 Å². The number of nitrogens with one attached hydrogen (secondary N) is 1. The Morgan fingerprint density at radius 1 is 1.00 bits per heavy atom. The van der Waals surface area contributed by atoms with Crippen LogP contribution in [0.1, 0.15) is 24.5 Å². The Morgan fingerprint density at radius 2 is 1.74 bits per heavy atom. The maximum absolute atomic E-state index is 13.5. The molecular weight excluding hydrogens is 466 g/mol. The van der Waals surface area contributed by atoms with Crippen LogP contribution in [0.25, 0.3) is 10.9 Å². The minimum Gasteiger partial charge on any atom is -0.496 e. The van der Waals surface area contributed by atoms with E-state index in [1.54, 1.807) is 26.0 Å². The fraction of sp³-hybridized carbons (Fsp3) is 0.407. The molecule has 0 aliphatic heterocycles. The molecule has 1 atom stereocenters. The Morgan fingerprint density at radius 3 is 2.49 bits per heavy atom. The summed E-state index contributed by atoms with van der Waals surface area (Å²) in [4.78, 5) is 32.9. The molecule has 0 bridgehead atoms. The fourth-order valence-corrected chi connectivity index (χ4v) is 4.24. The molecule has 3 aromatic rings. The molecule has 7 nitrogen and oxygen atoms in total. The van der Waals surface area contributed by atoms with Gasteiger partial charge in [0.05, 0.1) is 13.7 Å². The van der Waals surface area contributed by atoms with Gasteiger partial charge in [-0.1, -0.05) is 36.4 Å². The number of hydrogen-bond donors (Lipinski definition) is 1. The van der Waals surface area contributed by atoms with E-state index in [0.717, 1.165) is 27.8 Å². The van der Waals surface area contributed by atoms with Crippen molar-refractivity contribution in [2.24, 2.45) is 0 Å². The van der Waals surface area contributed by atoms with E-state index in [4.69, 9.17) is 21.1 Å². The summed E-state index contributed by atoms with van der Waals surface area (Å²) in [6.45, 7) is 3.36. The monoisotopic (exact) mass is 499 g/mol. The molecule has 1 heterocycles. The molecule has 0 spiro atoms. The van der Waals surface area contributed by atoms with Gasteiger partial charge in [0.15, 0.2) is 0 Å². The zero-order chi connectivity index (χ0) is 25.2. The van der Waals surface area contributed by atoms with Crippen molar-refractivity contribution in [2.45, 2.75) is 31.7 Å². The Bertz CT molecular complexity index is 1110. The standard InChI is InChI=1S/C27H34ClN3O4/c1-20(28)27(33)31(14-8-16-34-2)19-26(32)30(18-22-9-4-7-12-25(22)35-3)15-13-21-17-29-24-11-6-5-10-23(21)24/h4-7,9-12,17,20,29H,8,13-16,18-19H2,1-3H3. The Kier molecular flexibility index (Phi) is 9.99. The van der Waals surface area contributed by atoms with E-state index < -0.39 is 5.38 Å². The summed E-state index contributed by atoms with van der Waals surface area (Å²) >= 11 is 6.08. The largest absolute Gasteiger partial charge is 0.496 e. The van der Waals surface area contributed by atoms with E-state index in [2.05, 4.69) is 11.1 Å². The molecule has 1 N–H and O–H groups in total. The number of H-pyrrole nitrogens is 1. The minimum absolute atomic E-state index is 0.0390. The molecule has 0 saturated carbocycles. The highest BCUT2D eigenvalue weighted by Crippen LogP contribution is 2.22. The maximum Gasteiger partial charge on any atom is 0.242 e. The van der Waals surface area contributed by atoms with Crippen LogP contribution in [-0.4, -0.2) is 72.4 Å². The fourth-order valence-electron chi connectivity index (χ4n) is 4.11. The molecule has 0 radical (unpaired) electrons. The summed E-state index contributed by atoms with van der Waals surface area (Å²) < 4.78 is 10.6. The number of alkyl halides is 1. The first-order chi connectivity index (χ1) is 16.9. The quantitative estimate of drug-likeness (QED) is 0.282. The lowest BCUT2D eigenvalue weighted by Crippen LogP contribution is -2.45. The molecule has 0 aliphatic carbocycles. The number of halogens is 1. The average molecular weight is 500 g/mol. The third kappa shape index (κ3) is 7.23. The molecule has 1 unspecified atom stereocenters. The third-order valence-electron chi connectivity index (χ3n) is 5.99. The van der Waals surface area contributed by atoms with E-state index >= 15 is 0 Å². The second-order valence-corrected chi connectivity index (χ2v) is 9.11. The number of ether oxygens (including phenoxy) is 2. The number of aromatic amines is 1. The average Bonchev–Trinajstić information content (AvgIpc) is 3.28. The summed E-state index contributed by atoms with van der Waals surface area (Å²) in [5.74, 6) is 0.323. The molecule has 2 aromatic carbocycles. The van der Waals surface area contributed by atoms with Crippen LogP contribution in [0.5, 0.6) is 5.75 Å². The Hall–Kier alpha value is -3.03. The van der Waals surface area contributed by atoms with Gasteiger partial charge in [-0.05, 0) is 37.5 Å². The number of aromatic nitrogens is 1. The highest BCUT2D eigenvalue weighted by atomic mass is 35.5. The number of benzene rings is 2. The lowest BCUT2D eigenvalue weighted by Gasteiger charge is -2.29. The van der Waals surface area contributed by atoms with Gasteiger partial charge < -0.3 is 24.3 Å². The number of carbonyl (C=O) groups excluding carboxylic acids is 2. The summed E-state index contributed by atoms with van der Waals surface area (Å²) in [6, 6.07) is 15.8. The SMILES string of the molecule is COCCCN(CC(=O)N(CCc1c[nH]c2ccccc12)Cc1ccccc1OC)C(=O)C(C)Cl. The van der Waals surface area contributed by atoms with E-state index in [9.17, 15) is 9.59 Å². The van der Waals surface area contributed by atoms with Gasteiger partial charge >= 0.3 is 0 Å². The second kappa shape index (κ2) is 13.2. The van der Waals surface area contributed by atoms with Gasteiger partial charge in [0, 0.05) is 56.0 Å². The predicted octanol–water partition coefficient (Wildman–Crippen LogP) is 4.24. The molecule has 2 amide bonds. The van der Waals surface area contributed by atoms with Crippen LogP contribution in [0.4, 0.5) is 0 Å². The van der Waals surface area contributed by atoms with E-state index in [-0.39, 0.29) is 18.4 Å². The second-order valence-electron chi connectivity index (χ2n) is 8.46. The Labute approximate surface area is 211 Å². The van der Waals surface area contributed by atoms with Crippen molar-refractivity contribution in [1.82, 2.24) is 14.8 Å². The van der Waals surface area contributed by atoms with Crippen molar-refractivity contribution in [3.05, 3.63) is 65.9 Å². The van der Waals surface area contributed by atoms with Crippen LogP contribution in [0.15, 0.2) is 54.7 Å². The number of rotatable bonds is 13. The van der Waals surface area contributed by atoms with E-state index in [0.29, 0.717) is 39.1 Å². The molecule has 3 rings (SSSR count). The van der Waals surface area contributed by atoms with Crippen molar-refractivity contribution in [3.63, 3.8) is 0 Å². The minimum atomic E-state index is -0.709. The molecule has 35 heavy (non-hydrogen) atoms. The van der Waals surface area contributed by atoms with Crippen molar-refractivity contribution in [3.8, 4) is 5.75 Å². The number of amides is 2. The molecule has 1 aromatic heterocycles. The summed E-state index contributed by atoms with van der Waals surface area (Å²) in [5, 5.41) is 0.434. The number of hydrogen-bond acceptors (Lipinski definition) is 4. The highest BCUT2D eigenvalue weighted by Gasteiger charge is 2.24. The summed E-state index contributed by atoms with van der Waals surface area (Å²) in [6.07, 6.45) is 3.29. The van der Waals surface area contributed by atoms with Crippen LogP contribution in [-0.2, 0) is 27.3 Å². The first kappa shape index (κ1) is 26.6. The van der Waals surface area contributed by atoms with Gasteiger partial charge in [0.1, 0.15) is 11.1 Å². The van der Waals surface area contributed by atoms with E-state index in [1.165, 1.54) is 4.90 Å². The van der Waals surface area contributed by atoms with Crippen molar-refractivity contribution < 1.29 is 19.1 Å². The summed E-state index contributed by atoms with van der Waals surface area (Å²) in [5.41, 5.74) is 3.11. The van der Waals surface area contributed by atoms with Crippen molar-refractivity contribution in [2.75, 3.05) is 40.5 Å². The molecule has 0 saturated heterocycles. The first-order valence-electron chi connectivity index (χ1n) is 11.8. The van der Waals surface area contributed by atoms with Gasteiger partial charge in [0.25, 0.3) is 0 Å². The van der Waals surface area contributed by atoms with Crippen LogP contribution >= 0.6 is 11.6 Å². The lowest BCUT2D eigenvalue weighted by molar-refractivity contribution is -0.140. The molecular formula is C27H34ClN3O4. The smallest absolute Gasteiger partial charge is 0.242 e. The topological polar surface area (TPSA) is 74.9 Å². The summed E-state index contributed by atoms with van der Waals surface area (Å²) in [7, 11) is 3.23. The normalized spacial score (nSPS) is 11.9.